The number of halogens is 1. The van der Waals surface area contributed by atoms with E-state index in [1.165, 1.54) is 9.77 Å². The average Bonchev–Trinajstić information content (AvgIpc) is 2.80. The molecule has 5 heteroatoms. The molecule has 0 amide bonds. The number of hydrogen-bond donors (Lipinski definition) is 1. The van der Waals surface area contributed by atoms with E-state index >= 15 is 0 Å². The van der Waals surface area contributed by atoms with Crippen molar-refractivity contribution in [3.05, 3.63) is 40.5 Å². The Morgan fingerprint density at radius 1 is 1.44 bits per heavy atom. The Bertz CT molecular complexity index is 555. The van der Waals surface area contributed by atoms with Crippen LogP contribution in [0.2, 0.25) is 5.02 Å². The SMILES string of the molecule is C[C@H]1CC(Nc2cnccc2Cl)c2ccsc2S1. The second-order valence-electron chi connectivity index (χ2n) is 4.38. The van der Waals surface area contributed by atoms with Crippen LogP contribution in [0.5, 0.6) is 0 Å². The standard InChI is InChI=1S/C13H13ClN2S2/c1-8-6-11(9-3-5-17-13(9)18-8)16-12-7-15-4-2-10(12)14/h2-5,7-8,11,16H,6H2,1H3/t8-,11?/m0/s1. The lowest BCUT2D eigenvalue weighted by Gasteiger charge is -2.28. The van der Waals surface area contributed by atoms with Crippen molar-refractivity contribution in [3.8, 4) is 0 Å². The predicted octanol–water partition coefficient (Wildman–Crippen LogP) is 4.83. The van der Waals surface area contributed by atoms with Gasteiger partial charge in [0.1, 0.15) is 0 Å². The summed E-state index contributed by atoms with van der Waals surface area (Å²) in [6.45, 7) is 2.27. The van der Waals surface area contributed by atoms with Crippen molar-refractivity contribution in [2.75, 3.05) is 5.32 Å². The summed E-state index contributed by atoms with van der Waals surface area (Å²) in [5.41, 5.74) is 2.31. The summed E-state index contributed by atoms with van der Waals surface area (Å²) in [5, 5.41) is 7.04. The molecule has 0 saturated heterocycles. The number of nitrogens with zero attached hydrogens (tertiary/aromatic N) is 1. The molecule has 0 fully saturated rings. The van der Waals surface area contributed by atoms with Crippen LogP contribution in [-0.4, -0.2) is 10.2 Å². The zero-order valence-electron chi connectivity index (χ0n) is 9.89. The highest BCUT2D eigenvalue weighted by Crippen LogP contribution is 2.45. The molecule has 1 N–H and O–H groups in total. The molecule has 3 heterocycles. The second kappa shape index (κ2) is 5.11. The third-order valence-electron chi connectivity index (χ3n) is 3.01. The quantitative estimate of drug-likeness (QED) is 0.859. The van der Waals surface area contributed by atoms with E-state index in [1.54, 1.807) is 12.4 Å². The number of aromatic nitrogens is 1. The topological polar surface area (TPSA) is 24.9 Å². The van der Waals surface area contributed by atoms with Crippen molar-refractivity contribution in [2.45, 2.75) is 28.8 Å². The van der Waals surface area contributed by atoms with Gasteiger partial charge in [-0.1, -0.05) is 18.5 Å². The first kappa shape index (κ1) is 12.3. The number of hydrogen-bond acceptors (Lipinski definition) is 4. The van der Waals surface area contributed by atoms with Gasteiger partial charge in [-0.3, -0.25) is 4.98 Å². The van der Waals surface area contributed by atoms with E-state index < -0.39 is 0 Å². The van der Waals surface area contributed by atoms with Crippen LogP contribution in [-0.2, 0) is 0 Å². The molecular weight excluding hydrogens is 284 g/mol. The Hall–Kier alpha value is -0.710. The third-order valence-corrected chi connectivity index (χ3v) is 5.68. The van der Waals surface area contributed by atoms with Crippen LogP contribution in [0.4, 0.5) is 5.69 Å². The van der Waals surface area contributed by atoms with Crippen LogP contribution in [0.1, 0.15) is 24.9 Å². The van der Waals surface area contributed by atoms with Gasteiger partial charge in [0.2, 0.25) is 0 Å². The molecule has 2 aromatic heterocycles. The fourth-order valence-corrected chi connectivity index (χ4v) is 4.88. The van der Waals surface area contributed by atoms with E-state index in [9.17, 15) is 0 Å². The number of thioether (sulfide) groups is 1. The number of fused-ring (bicyclic) bond motifs is 1. The molecule has 0 aliphatic carbocycles. The van der Waals surface area contributed by atoms with Gasteiger partial charge >= 0.3 is 0 Å². The van der Waals surface area contributed by atoms with E-state index in [0.717, 1.165) is 17.1 Å². The minimum atomic E-state index is 0.337. The Balaban J connectivity index is 1.88. The molecule has 0 bridgehead atoms. The first-order valence-corrected chi connectivity index (χ1v) is 7.98. The van der Waals surface area contributed by atoms with Crippen LogP contribution >= 0.6 is 34.7 Å². The van der Waals surface area contributed by atoms with E-state index in [1.807, 2.05) is 29.2 Å². The molecule has 0 spiro atoms. The lowest BCUT2D eigenvalue weighted by atomic mass is 10.0. The number of pyridine rings is 1. The first-order valence-electron chi connectivity index (χ1n) is 5.84. The lowest BCUT2D eigenvalue weighted by Crippen LogP contribution is -2.19. The van der Waals surface area contributed by atoms with Crippen molar-refractivity contribution in [3.63, 3.8) is 0 Å². The van der Waals surface area contributed by atoms with Crippen molar-refractivity contribution in [1.82, 2.24) is 4.98 Å². The number of thiophene rings is 1. The predicted molar refractivity (Wildman–Crippen MR) is 79.9 cm³/mol. The van der Waals surface area contributed by atoms with Gasteiger partial charge in [0, 0.05) is 11.4 Å². The fourth-order valence-electron chi connectivity index (χ4n) is 2.16. The molecule has 1 aliphatic heterocycles. The largest absolute Gasteiger partial charge is 0.376 e. The Morgan fingerprint density at radius 3 is 3.17 bits per heavy atom. The van der Waals surface area contributed by atoms with Crippen LogP contribution in [0.25, 0.3) is 0 Å². The zero-order chi connectivity index (χ0) is 12.5. The molecule has 0 radical (unpaired) electrons. The molecule has 0 aromatic carbocycles. The Morgan fingerprint density at radius 2 is 2.33 bits per heavy atom. The summed E-state index contributed by atoms with van der Waals surface area (Å²) in [5.74, 6) is 0. The van der Waals surface area contributed by atoms with E-state index in [0.29, 0.717) is 11.3 Å². The lowest BCUT2D eigenvalue weighted by molar-refractivity contribution is 0.669. The van der Waals surface area contributed by atoms with Gasteiger partial charge in [0.05, 0.1) is 27.2 Å². The second-order valence-corrected chi connectivity index (χ2v) is 7.41. The highest BCUT2D eigenvalue weighted by atomic mass is 35.5. The van der Waals surface area contributed by atoms with Crippen molar-refractivity contribution in [1.29, 1.82) is 0 Å². The van der Waals surface area contributed by atoms with Crippen LogP contribution in [0, 0.1) is 0 Å². The third kappa shape index (κ3) is 2.37. The fraction of sp³-hybridized carbons (Fsp3) is 0.308. The number of anilines is 1. The summed E-state index contributed by atoms with van der Waals surface area (Å²) < 4.78 is 1.42. The van der Waals surface area contributed by atoms with E-state index in [4.69, 9.17) is 11.6 Å². The minimum absolute atomic E-state index is 0.337. The molecule has 0 saturated carbocycles. The molecule has 2 nitrogen and oxygen atoms in total. The maximum Gasteiger partial charge on any atom is 0.0720 e. The van der Waals surface area contributed by atoms with E-state index in [2.05, 4.69) is 28.7 Å². The normalized spacial score (nSPS) is 22.6. The molecule has 2 atom stereocenters. The minimum Gasteiger partial charge on any atom is -0.376 e. The maximum absolute atomic E-state index is 6.18. The van der Waals surface area contributed by atoms with Crippen LogP contribution < -0.4 is 5.32 Å². The molecule has 2 aromatic rings. The van der Waals surface area contributed by atoms with Crippen LogP contribution in [0.15, 0.2) is 34.1 Å². The highest BCUT2D eigenvalue weighted by Gasteiger charge is 2.26. The number of nitrogens with one attached hydrogen (secondary N) is 1. The van der Waals surface area contributed by atoms with Gasteiger partial charge in [-0.15, -0.1) is 23.1 Å². The van der Waals surface area contributed by atoms with Gasteiger partial charge in [0.25, 0.3) is 0 Å². The van der Waals surface area contributed by atoms with Crippen molar-refractivity contribution >= 4 is 40.4 Å². The van der Waals surface area contributed by atoms with Gasteiger partial charge in [-0.05, 0) is 29.5 Å². The molecule has 18 heavy (non-hydrogen) atoms. The molecule has 1 unspecified atom stereocenters. The maximum atomic E-state index is 6.18. The van der Waals surface area contributed by atoms with Gasteiger partial charge in [0.15, 0.2) is 0 Å². The molecule has 1 aliphatic rings. The van der Waals surface area contributed by atoms with Gasteiger partial charge in [-0.25, -0.2) is 0 Å². The first-order chi connectivity index (χ1) is 8.74. The van der Waals surface area contributed by atoms with Gasteiger partial charge in [-0.2, -0.15) is 0 Å². The molecular formula is C13H13ClN2S2. The Labute approximate surface area is 120 Å². The zero-order valence-corrected chi connectivity index (χ0v) is 12.3. The number of rotatable bonds is 2. The van der Waals surface area contributed by atoms with Gasteiger partial charge < -0.3 is 5.32 Å². The van der Waals surface area contributed by atoms with E-state index in [-0.39, 0.29) is 0 Å². The van der Waals surface area contributed by atoms with Crippen LogP contribution in [0.3, 0.4) is 0 Å². The summed E-state index contributed by atoms with van der Waals surface area (Å²) >= 11 is 9.96. The smallest absolute Gasteiger partial charge is 0.0720 e. The average molecular weight is 297 g/mol. The Kier molecular flexibility index (Phi) is 3.50. The van der Waals surface area contributed by atoms with Crippen molar-refractivity contribution < 1.29 is 0 Å². The summed E-state index contributed by atoms with van der Waals surface area (Å²) in [4.78, 5) is 4.12. The summed E-state index contributed by atoms with van der Waals surface area (Å²) in [6.07, 6.45) is 4.61. The van der Waals surface area contributed by atoms with Crippen molar-refractivity contribution in [2.24, 2.45) is 0 Å². The molecule has 94 valence electrons. The summed E-state index contributed by atoms with van der Waals surface area (Å²) in [7, 11) is 0. The molecule has 3 rings (SSSR count). The highest BCUT2D eigenvalue weighted by molar-refractivity contribution is 8.01. The summed E-state index contributed by atoms with van der Waals surface area (Å²) in [6, 6.07) is 4.37. The monoisotopic (exact) mass is 296 g/mol.